The highest BCUT2D eigenvalue weighted by atomic mass is 79.9. The van der Waals surface area contributed by atoms with Gasteiger partial charge in [0.05, 0.1) is 16.5 Å². The smallest absolute Gasteiger partial charge is 0.264 e. The second-order valence-electron chi connectivity index (χ2n) is 5.89. The van der Waals surface area contributed by atoms with Gasteiger partial charge in [0.25, 0.3) is 5.91 Å². The highest BCUT2D eigenvalue weighted by molar-refractivity contribution is 9.10. The van der Waals surface area contributed by atoms with Gasteiger partial charge in [0.1, 0.15) is 19.0 Å². The number of benzene rings is 2. The lowest BCUT2D eigenvalue weighted by Crippen LogP contribution is -2.18. The van der Waals surface area contributed by atoms with Crippen LogP contribution in [0.1, 0.15) is 11.1 Å². The molecule has 1 amide bonds. The van der Waals surface area contributed by atoms with Crippen LogP contribution in [0.3, 0.4) is 0 Å². The fourth-order valence-electron chi connectivity index (χ4n) is 2.57. The summed E-state index contributed by atoms with van der Waals surface area (Å²) in [6, 6.07) is 11.4. The van der Waals surface area contributed by atoms with Crippen molar-refractivity contribution < 1.29 is 19.0 Å². The van der Waals surface area contributed by atoms with E-state index in [4.69, 9.17) is 19.6 Å². The average Bonchev–Trinajstić information content (AvgIpc) is 2.98. The van der Waals surface area contributed by atoms with Crippen LogP contribution in [0.2, 0.25) is 0 Å². The van der Waals surface area contributed by atoms with E-state index in [0.717, 1.165) is 28.6 Å². The van der Waals surface area contributed by atoms with E-state index in [-0.39, 0.29) is 11.1 Å². The molecule has 2 N–H and O–H groups in total. The Balaban J connectivity index is 1.68. The van der Waals surface area contributed by atoms with Crippen LogP contribution in [0.15, 0.2) is 45.8 Å². The molecule has 1 fully saturated rings. The quantitative estimate of drug-likeness (QED) is 0.471. The van der Waals surface area contributed by atoms with Gasteiger partial charge in [0.2, 0.25) is 0 Å². The van der Waals surface area contributed by atoms with Crippen molar-refractivity contribution in [3.05, 3.63) is 56.9 Å². The molecule has 3 rings (SSSR count). The molecular weight excluding hydrogens is 444 g/mol. The number of rotatable bonds is 7. The summed E-state index contributed by atoms with van der Waals surface area (Å²) in [5, 5.41) is 10.1. The first-order chi connectivity index (χ1) is 13.5. The molecule has 1 aliphatic rings. The van der Waals surface area contributed by atoms with Gasteiger partial charge in [0.15, 0.2) is 16.7 Å². The van der Waals surface area contributed by atoms with Crippen LogP contribution in [0, 0.1) is 12.3 Å². The first-order valence-corrected chi connectivity index (χ1v) is 10.1. The van der Waals surface area contributed by atoms with Crippen molar-refractivity contribution >= 4 is 44.8 Å². The summed E-state index contributed by atoms with van der Waals surface area (Å²) in [5.41, 5.74) is 1.83. The zero-order valence-electron chi connectivity index (χ0n) is 15.4. The van der Waals surface area contributed by atoms with Crippen molar-refractivity contribution in [2.24, 2.45) is 0 Å². The summed E-state index contributed by atoms with van der Waals surface area (Å²) < 4.78 is 17.7. The normalized spacial score (nSPS) is 14.9. The van der Waals surface area contributed by atoms with E-state index >= 15 is 0 Å². The second kappa shape index (κ2) is 9.16. The number of nitrogens with one attached hydrogen (secondary N) is 2. The average molecular weight is 463 g/mol. The molecule has 0 unspecified atom stereocenters. The van der Waals surface area contributed by atoms with Gasteiger partial charge in [-0.3, -0.25) is 10.2 Å². The number of amidine groups is 1. The summed E-state index contributed by atoms with van der Waals surface area (Å²) in [6.07, 6.45) is 1.71. The molecule has 6 nitrogen and oxygen atoms in total. The topological polar surface area (TPSA) is 80.6 Å². The van der Waals surface area contributed by atoms with Crippen LogP contribution in [-0.2, 0) is 4.79 Å². The number of hydrogen-bond donors (Lipinski definition) is 2. The fraction of sp³-hybridized carbons (Fsp3) is 0.200. The molecule has 0 atom stereocenters. The van der Waals surface area contributed by atoms with E-state index < -0.39 is 0 Å². The molecule has 0 bridgehead atoms. The largest absolute Gasteiger partial charge is 0.493 e. The van der Waals surface area contributed by atoms with Gasteiger partial charge in [-0.2, -0.15) is 0 Å². The number of carbonyl (C=O) groups is 1. The van der Waals surface area contributed by atoms with Crippen molar-refractivity contribution in [1.82, 2.24) is 5.32 Å². The lowest BCUT2D eigenvalue weighted by Gasteiger charge is -2.14. The summed E-state index contributed by atoms with van der Waals surface area (Å²) in [5.74, 6) is 1.65. The standard InChI is InChI=1S/C20H19BrN2O4S/c1-12-5-3-4-6-15(12)26-7-8-27-18-14(21)9-13(10-16(18)25-2)11-17-19(24)23-20(22)28-17/h3-6,9-11H,7-8H2,1-2H3,(H2,22,23,24). The Bertz CT molecular complexity index is 946. The maximum Gasteiger partial charge on any atom is 0.264 e. The minimum atomic E-state index is -0.279. The Morgan fingerprint density at radius 3 is 2.61 bits per heavy atom. The zero-order chi connectivity index (χ0) is 20.1. The highest BCUT2D eigenvalue weighted by Crippen LogP contribution is 2.38. The minimum Gasteiger partial charge on any atom is -0.493 e. The summed E-state index contributed by atoms with van der Waals surface area (Å²) in [7, 11) is 1.56. The van der Waals surface area contributed by atoms with E-state index in [9.17, 15) is 4.79 Å². The zero-order valence-corrected chi connectivity index (χ0v) is 17.8. The third kappa shape index (κ3) is 4.88. The summed E-state index contributed by atoms with van der Waals surface area (Å²) >= 11 is 4.59. The van der Waals surface area contributed by atoms with E-state index in [1.54, 1.807) is 19.3 Å². The molecular formula is C20H19BrN2O4S. The first kappa shape index (κ1) is 20.3. The van der Waals surface area contributed by atoms with E-state index in [1.165, 1.54) is 0 Å². The van der Waals surface area contributed by atoms with Crippen molar-refractivity contribution in [3.8, 4) is 17.2 Å². The second-order valence-corrected chi connectivity index (χ2v) is 7.80. The van der Waals surface area contributed by atoms with Gasteiger partial charge in [-0.15, -0.1) is 0 Å². The van der Waals surface area contributed by atoms with E-state index in [0.29, 0.717) is 34.1 Å². The molecule has 0 saturated carbocycles. The maximum absolute atomic E-state index is 11.8. The number of amides is 1. The number of aryl methyl sites for hydroxylation is 1. The van der Waals surface area contributed by atoms with E-state index in [1.807, 2.05) is 37.3 Å². The van der Waals surface area contributed by atoms with Crippen molar-refractivity contribution in [2.45, 2.75) is 6.92 Å². The molecule has 0 spiro atoms. The number of carbonyl (C=O) groups excluding carboxylic acids is 1. The van der Waals surface area contributed by atoms with Crippen molar-refractivity contribution in [3.63, 3.8) is 0 Å². The lowest BCUT2D eigenvalue weighted by atomic mass is 10.2. The molecule has 28 heavy (non-hydrogen) atoms. The van der Waals surface area contributed by atoms with Crippen molar-refractivity contribution in [1.29, 1.82) is 5.41 Å². The molecule has 1 heterocycles. The fourth-order valence-corrected chi connectivity index (χ4v) is 3.85. The SMILES string of the molecule is COc1cc(C=C2SC(=N)NC2=O)cc(Br)c1OCCOc1ccccc1C. The summed E-state index contributed by atoms with van der Waals surface area (Å²) in [6.45, 7) is 2.73. The molecule has 8 heteroatoms. The third-order valence-corrected chi connectivity index (χ3v) is 5.31. The Labute approximate surface area is 175 Å². The number of halogens is 1. The maximum atomic E-state index is 11.8. The summed E-state index contributed by atoms with van der Waals surface area (Å²) in [4.78, 5) is 12.2. The Kier molecular flexibility index (Phi) is 6.64. The number of ether oxygens (including phenoxy) is 3. The Morgan fingerprint density at radius 2 is 1.93 bits per heavy atom. The Hall–Kier alpha value is -2.45. The first-order valence-electron chi connectivity index (χ1n) is 8.46. The minimum absolute atomic E-state index is 0.121. The van der Waals surface area contributed by atoms with Gasteiger partial charge in [-0.1, -0.05) is 18.2 Å². The molecule has 0 aromatic heterocycles. The molecule has 1 aliphatic heterocycles. The van der Waals surface area contributed by atoms with Gasteiger partial charge in [-0.05, 0) is 70.0 Å². The van der Waals surface area contributed by atoms with Crippen LogP contribution in [-0.4, -0.2) is 31.4 Å². The number of para-hydroxylation sites is 1. The molecule has 0 radical (unpaired) electrons. The molecule has 2 aromatic rings. The van der Waals surface area contributed by atoms with E-state index in [2.05, 4.69) is 21.2 Å². The van der Waals surface area contributed by atoms with Crippen molar-refractivity contribution in [2.75, 3.05) is 20.3 Å². The molecule has 1 saturated heterocycles. The molecule has 146 valence electrons. The molecule has 2 aromatic carbocycles. The van der Waals surface area contributed by atoms with Crippen LogP contribution >= 0.6 is 27.7 Å². The Morgan fingerprint density at radius 1 is 1.18 bits per heavy atom. The number of methoxy groups -OCH3 is 1. The van der Waals surface area contributed by atoms with Gasteiger partial charge < -0.3 is 19.5 Å². The predicted octanol–water partition coefficient (Wildman–Crippen LogP) is 4.36. The van der Waals surface area contributed by atoms with Gasteiger partial charge >= 0.3 is 0 Å². The van der Waals surface area contributed by atoms with Crippen LogP contribution < -0.4 is 19.5 Å². The third-order valence-electron chi connectivity index (χ3n) is 3.89. The van der Waals surface area contributed by atoms with Gasteiger partial charge in [-0.25, -0.2) is 0 Å². The molecule has 0 aliphatic carbocycles. The predicted molar refractivity (Wildman–Crippen MR) is 114 cm³/mol. The lowest BCUT2D eigenvalue weighted by molar-refractivity contribution is -0.115. The number of thioether (sulfide) groups is 1. The van der Waals surface area contributed by atoms with Crippen LogP contribution in [0.25, 0.3) is 6.08 Å². The number of hydrogen-bond acceptors (Lipinski definition) is 6. The van der Waals surface area contributed by atoms with Gasteiger partial charge in [0, 0.05) is 0 Å². The van der Waals surface area contributed by atoms with Crippen LogP contribution in [0.5, 0.6) is 17.2 Å². The monoisotopic (exact) mass is 462 g/mol. The van der Waals surface area contributed by atoms with Crippen LogP contribution in [0.4, 0.5) is 0 Å². The highest BCUT2D eigenvalue weighted by Gasteiger charge is 2.22.